The van der Waals surface area contributed by atoms with E-state index in [0.29, 0.717) is 6.42 Å². The van der Waals surface area contributed by atoms with Gasteiger partial charge in [-0.25, -0.2) is 13.9 Å². The molecule has 0 saturated heterocycles. The first-order valence-corrected chi connectivity index (χ1v) is 12.1. The van der Waals surface area contributed by atoms with E-state index in [-0.39, 0.29) is 12.3 Å². The first-order chi connectivity index (χ1) is 14.3. The molecular formula is C22H35N3O5S. The second kappa shape index (κ2) is 11.4. The van der Waals surface area contributed by atoms with Crippen LogP contribution in [-0.2, 0) is 19.6 Å². The molecule has 0 heterocycles. The SMILES string of the molecule is CC(C)C[C@@H](C(=O)NN(C(C)(C)C)S(C)(=O)=O)[C@H](CC=Cc1ccccc1)C(=O)NO. The molecule has 0 aromatic heterocycles. The predicted octanol–water partition coefficient (Wildman–Crippen LogP) is 2.97. The van der Waals surface area contributed by atoms with E-state index in [1.165, 1.54) is 0 Å². The monoisotopic (exact) mass is 453 g/mol. The van der Waals surface area contributed by atoms with Crippen LogP contribution in [0.25, 0.3) is 6.08 Å². The van der Waals surface area contributed by atoms with E-state index in [9.17, 15) is 23.2 Å². The minimum absolute atomic E-state index is 0.0594. The van der Waals surface area contributed by atoms with Crippen molar-refractivity contribution < 1.29 is 23.2 Å². The van der Waals surface area contributed by atoms with E-state index in [0.717, 1.165) is 16.2 Å². The van der Waals surface area contributed by atoms with Crippen LogP contribution in [0, 0.1) is 17.8 Å². The standard InChI is InChI=1S/C22H35N3O5S/c1-16(2)15-19(20(26)23-25(22(3,4)5)31(6,29)30)18(21(27)24-28)14-10-13-17-11-8-7-9-12-17/h7-13,16,18-19,28H,14-15H2,1-6H3,(H,23,26)(H,24,27)/t18-,19+/m0/s1. The van der Waals surface area contributed by atoms with Crippen molar-refractivity contribution in [1.82, 2.24) is 15.3 Å². The van der Waals surface area contributed by atoms with Crippen molar-refractivity contribution in [2.24, 2.45) is 17.8 Å². The second-order valence-electron chi connectivity index (χ2n) is 9.04. The van der Waals surface area contributed by atoms with E-state index in [4.69, 9.17) is 0 Å². The number of amides is 2. The summed E-state index contributed by atoms with van der Waals surface area (Å²) in [5, 5.41) is 9.27. The Bertz CT molecular complexity index is 861. The van der Waals surface area contributed by atoms with Crippen LogP contribution in [-0.4, -0.2) is 41.6 Å². The molecule has 2 amide bonds. The van der Waals surface area contributed by atoms with E-state index < -0.39 is 39.2 Å². The van der Waals surface area contributed by atoms with Gasteiger partial charge in [0, 0.05) is 5.54 Å². The van der Waals surface area contributed by atoms with Crippen LogP contribution in [0.1, 0.15) is 53.0 Å². The average molecular weight is 454 g/mol. The minimum Gasteiger partial charge on any atom is -0.289 e. The van der Waals surface area contributed by atoms with Crippen molar-refractivity contribution in [3.63, 3.8) is 0 Å². The Labute approximate surface area is 185 Å². The molecule has 0 spiro atoms. The molecule has 8 nitrogen and oxygen atoms in total. The largest absolute Gasteiger partial charge is 0.289 e. The van der Waals surface area contributed by atoms with Gasteiger partial charge in [-0.15, -0.1) is 4.41 Å². The Kier molecular flexibility index (Phi) is 9.86. The van der Waals surface area contributed by atoms with Gasteiger partial charge in [-0.05, 0) is 45.1 Å². The van der Waals surface area contributed by atoms with Crippen molar-refractivity contribution in [2.45, 2.75) is 53.0 Å². The van der Waals surface area contributed by atoms with Gasteiger partial charge in [0.2, 0.25) is 21.8 Å². The quantitative estimate of drug-likeness (QED) is 0.372. The third kappa shape index (κ3) is 8.80. The van der Waals surface area contributed by atoms with Crippen LogP contribution in [0.2, 0.25) is 0 Å². The van der Waals surface area contributed by atoms with E-state index in [1.807, 2.05) is 50.3 Å². The number of carbonyl (C=O) groups is 2. The smallest absolute Gasteiger partial charge is 0.247 e. The van der Waals surface area contributed by atoms with Crippen molar-refractivity contribution in [3.05, 3.63) is 42.0 Å². The number of allylic oxidation sites excluding steroid dienone is 1. The van der Waals surface area contributed by atoms with Crippen LogP contribution in [0.3, 0.4) is 0 Å². The molecule has 0 fully saturated rings. The number of carbonyl (C=O) groups excluding carboxylic acids is 2. The molecule has 1 rings (SSSR count). The molecule has 0 radical (unpaired) electrons. The summed E-state index contributed by atoms with van der Waals surface area (Å²) in [6.45, 7) is 8.79. The highest BCUT2D eigenvalue weighted by Crippen LogP contribution is 2.26. The Morgan fingerprint density at radius 3 is 2.13 bits per heavy atom. The summed E-state index contributed by atoms with van der Waals surface area (Å²) in [7, 11) is -3.75. The maximum Gasteiger partial charge on any atom is 0.247 e. The van der Waals surface area contributed by atoms with Crippen molar-refractivity contribution in [1.29, 1.82) is 0 Å². The molecule has 3 N–H and O–H groups in total. The number of hydrogen-bond acceptors (Lipinski definition) is 5. The van der Waals surface area contributed by atoms with Gasteiger partial charge < -0.3 is 0 Å². The second-order valence-corrected chi connectivity index (χ2v) is 10.9. The Hall–Kier alpha value is -2.23. The molecule has 1 aromatic rings. The van der Waals surface area contributed by atoms with Gasteiger partial charge in [0.05, 0.1) is 18.1 Å². The lowest BCUT2D eigenvalue weighted by Crippen LogP contribution is -2.57. The first kappa shape index (κ1) is 26.8. The first-order valence-electron chi connectivity index (χ1n) is 10.2. The summed E-state index contributed by atoms with van der Waals surface area (Å²) in [5.41, 5.74) is 4.18. The minimum atomic E-state index is -3.75. The molecule has 0 aliphatic heterocycles. The fourth-order valence-electron chi connectivity index (χ4n) is 3.34. The highest BCUT2D eigenvalue weighted by molar-refractivity contribution is 7.88. The zero-order valence-corrected chi connectivity index (χ0v) is 19.9. The van der Waals surface area contributed by atoms with Gasteiger partial charge in [-0.1, -0.05) is 56.3 Å². The number of sulfonamides is 1. The van der Waals surface area contributed by atoms with Gasteiger partial charge in [0.25, 0.3) is 0 Å². The van der Waals surface area contributed by atoms with Gasteiger partial charge in [-0.3, -0.25) is 20.2 Å². The Morgan fingerprint density at radius 1 is 1.10 bits per heavy atom. The molecule has 1 aromatic carbocycles. The zero-order valence-electron chi connectivity index (χ0n) is 19.1. The highest BCUT2D eigenvalue weighted by Gasteiger charge is 2.38. The molecule has 9 heteroatoms. The average Bonchev–Trinajstić information content (AvgIpc) is 2.66. The third-order valence-corrected chi connectivity index (χ3v) is 5.95. The Morgan fingerprint density at radius 2 is 1.68 bits per heavy atom. The van der Waals surface area contributed by atoms with E-state index in [1.54, 1.807) is 32.3 Å². The third-order valence-electron chi connectivity index (χ3n) is 4.65. The maximum absolute atomic E-state index is 13.2. The van der Waals surface area contributed by atoms with Gasteiger partial charge in [0.15, 0.2) is 0 Å². The van der Waals surface area contributed by atoms with Crippen LogP contribution in [0.4, 0.5) is 0 Å². The molecule has 0 saturated carbocycles. The van der Waals surface area contributed by atoms with Crippen molar-refractivity contribution in [3.8, 4) is 0 Å². The van der Waals surface area contributed by atoms with Crippen molar-refractivity contribution in [2.75, 3.05) is 6.26 Å². The molecule has 0 aliphatic carbocycles. The number of nitrogens with zero attached hydrogens (tertiary/aromatic N) is 1. The molecule has 0 unspecified atom stereocenters. The lowest BCUT2D eigenvalue weighted by molar-refractivity contribution is -0.142. The zero-order chi connectivity index (χ0) is 23.8. The number of hydroxylamine groups is 1. The summed E-state index contributed by atoms with van der Waals surface area (Å²) in [4.78, 5) is 25.6. The lowest BCUT2D eigenvalue weighted by atomic mass is 9.82. The summed E-state index contributed by atoms with van der Waals surface area (Å²) in [6.07, 6.45) is 5.15. The molecule has 0 bridgehead atoms. The predicted molar refractivity (Wildman–Crippen MR) is 121 cm³/mol. The topological polar surface area (TPSA) is 116 Å². The van der Waals surface area contributed by atoms with Gasteiger partial charge >= 0.3 is 0 Å². The summed E-state index contributed by atoms with van der Waals surface area (Å²) in [5.74, 6) is -2.95. The number of hydrogen-bond donors (Lipinski definition) is 3. The van der Waals surface area contributed by atoms with E-state index >= 15 is 0 Å². The lowest BCUT2D eigenvalue weighted by Gasteiger charge is -2.35. The van der Waals surface area contributed by atoms with Crippen LogP contribution in [0.5, 0.6) is 0 Å². The van der Waals surface area contributed by atoms with Crippen molar-refractivity contribution >= 4 is 27.9 Å². The molecule has 31 heavy (non-hydrogen) atoms. The summed E-state index contributed by atoms with van der Waals surface area (Å²) in [6, 6.07) is 9.48. The summed E-state index contributed by atoms with van der Waals surface area (Å²) < 4.78 is 25.4. The number of nitrogens with one attached hydrogen (secondary N) is 2. The fraction of sp³-hybridized carbons (Fsp3) is 0.545. The van der Waals surface area contributed by atoms with Gasteiger partial charge in [0.1, 0.15) is 0 Å². The van der Waals surface area contributed by atoms with Gasteiger partial charge in [-0.2, -0.15) is 0 Å². The fourth-order valence-corrected chi connectivity index (χ4v) is 4.60. The molecule has 174 valence electrons. The van der Waals surface area contributed by atoms with E-state index in [2.05, 4.69) is 5.43 Å². The number of rotatable bonds is 10. The number of benzene rings is 1. The highest BCUT2D eigenvalue weighted by atomic mass is 32.2. The molecular weight excluding hydrogens is 418 g/mol. The summed E-state index contributed by atoms with van der Waals surface area (Å²) >= 11 is 0. The Balaban J connectivity index is 3.21. The normalized spacial score (nSPS) is 14.6. The molecule has 0 aliphatic rings. The number of hydrazine groups is 1. The molecule has 2 atom stereocenters. The van der Waals surface area contributed by atoms with Crippen LogP contribution >= 0.6 is 0 Å². The van der Waals surface area contributed by atoms with Crippen LogP contribution < -0.4 is 10.9 Å². The maximum atomic E-state index is 13.2. The van der Waals surface area contributed by atoms with Crippen LogP contribution in [0.15, 0.2) is 36.4 Å².